The molecule has 0 unspecified atom stereocenters. The van der Waals surface area contributed by atoms with Crippen LogP contribution in [0.3, 0.4) is 0 Å². The van der Waals surface area contributed by atoms with Crippen LogP contribution < -0.4 is 0 Å². The molecule has 0 N–H and O–H groups in total. The number of hydrogen-bond donors (Lipinski definition) is 0. The molecule has 14 heavy (non-hydrogen) atoms. The maximum atomic E-state index is 11.3. The highest BCUT2D eigenvalue weighted by Gasteiger charge is 2.08. The highest BCUT2D eigenvalue weighted by atomic mass is 127. The third-order valence-electron chi connectivity index (χ3n) is 1.91. The number of halogens is 2. The zero-order valence-electron chi connectivity index (χ0n) is 7.84. The Labute approximate surface area is 106 Å². The molecule has 1 rings (SSSR count). The van der Waals surface area contributed by atoms with E-state index in [0.29, 0.717) is 11.0 Å². The van der Waals surface area contributed by atoms with Gasteiger partial charge in [0.05, 0.1) is 4.43 Å². The Morgan fingerprint density at radius 2 is 2.14 bits per heavy atom. The normalized spacial score (nSPS) is 9.93. The van der Waals surface area contributed by atoms with E-state index in [2.05, 4.69) is 38.5 Å². The Morgan fingerprint density at radius 3 is 2.71 bits per heavy atom. The van der Waals surface area contributed by atoms with E-state index in [1.165, 1.54) is 0 Å². The van der Waals surface area contributed by atoms with E-state index < -0.39 is 0 Å². The second kappa shape index (κ2) is 5.70. The summed E-state index contributed by atoms with van der Waals surface area (Å²) in [6.45, 7) is 0.656. The van der Waals surface area contributed by atoms with Gasteiger partial charge in [0.2, 0.25) is 5.91 Å². The summed E-state index contributed by atoms with van der Waals surface area (Å²) >= 11 is 5.53. The first-order valence-electron chi connectivity index (χ1n) is 4.18. The molecule has 0 atom stereocenters. The first kappa shape index (κ1) is 12.0. The van der Waals surface area contributed by atoms with Crippen molar-refractivity contribution >= 4 is 44.4 Å². The molecule has 0 fully saturated rings. The summed E-state index contributed by atoms with van der Waals surface area (Å²) in [4.78, 5) is 13.1. The smallest absolute Gasteiger partial charge is 0.232 e. The van der Waals surface area contributed by atoms with E-state index in [1.54, 1.807) is 4.90 Å². The molecule has 0 aliphatic heterocycles. The summed E-state index contributed by atoms with van der Waals surface area (Å²) in [5, 5.41) is 0. The molecule has 0 saturated heterocycles. The monoisotopic (exact) mass is 367 g/mol. The van der Waals surface area contributed by atoms with Crippen LogP contribution >= 0.6 is 38.5 Å². The van der Waals surface area contributed by atoms with Gasteiger partial charge in [-0.25, -0.2) is 0 Å². The minimum atomic E-state index is 0.154. The minimum absolute atomic E-state index is 0.154. The lowest BCUT2D eigenvalue weighted by atomic mass is 10.2. The van der Waals surface area contributed by atoms with Gasteiger partial charge in [-0.2, -0.15) is 0 Å². The van der Waals surface area contributed by atoms with E-state index in [9.17, 15) is 4.79 Å². The molecule has 0 spiro atoms. The number of amides is 1. The fraction of sp³-hybridized carbons (Fsp3) is 0.300. The SMILES string of the molecule is CN(Cc1ccccc1Br)C(=O)CI. The fourth-order valence-electron chi connectivity index (χ4n) is 1.07. The van der Waals surface area contributed by atoms with E-state index in [4.69, 9.17) is 0 Å². The molecule has 0 aromatic heterocycles. The third-order valence-corrected chi connectivity index (χ3v) is 3.33. The first-order valence-corrected chi connectivity index (χ1v) is 6.50. The maximum absolute atomic E-state index is 11.3. The number of carbonyl (C=O) groups excluding carboxylic acids is 1. The second-order valence-electron chi connectivity index (χ2n) is 2.97. The van der Waals surface area contributed by atoms with Gasteiger partial charge in [0.1, 0.15) is 0 Å². The Morgan fingerprint density at radius 1 is 1.50 bits per heavy atom. The molecule has 0 aliphatic carbocycles. The largest absolute Gasteiger partial charge is 0.341 e. The molecule has 0 radical (unpaired) electrons. The van der Waals surface area contributed by atoms with Crippen LogP contribution in [0, 0.1) is 0 Å². The highest BCUT2D eigenvalue weighted by Crippen LogP contribution is 2.17. The summed E-state index contributed by atoms with van der Waals surface area (Å²) in [5.41, 5.74) is 1.13. The zero-order chi connectivity index (χ0) is 10.6. The van der Waals surface area contributed by atoms with Gasteiger partial charge in [-0.3, -0.25) is 4.79 Å². The summed E-state index contributed by atoms with van der Waals surface area (Å²) in [5.74, 6) is 0.154. The predicted octanol–water partition coefficient (Wildman–Crippen LogP) is 2.84. The van der Waals surface area contributed by atoms with Crippen LogP contribution in [0.2, 0.25) is 0 Å². The third kappa shape index (κ3) is 3.24. The van der Waals surface area contributed by atoms with E-state index in [0.717, 1.165) is 10.0 Å². The lowest BCUT2D eigenvalue weighted by Crippen LogP contribution is -2.27. The number of rotatable bonds is 3. The van der Waals surface area contributed by atoms with Gasteiger partial charge in [-0.1, -0.05) is 56.7 Å². The van der Waals surface area contributed by atoms with Crippen molar-refractivity contribution in [2.45, 2.75) is 6.54 Å². The minimum Gasteiger partial charge on any atom is -0.341 e. The summed E-state index contributed by atoms with van der Waals surface area (Å²) in [6.07, 6.45) is 0. The van der Waals surface area contributed by atoms with Gasteiger partial charge >= 0.3 is 0 Å². The van der Waals surface area contributed by atoms with Gasteiger partial charge in [0.25, 0.3) is 0 Å². The van der Waals surface area contributed by atoms with Crippen molar-refractivity contribution in [2.75, 3.05) is 11.5 Å². The van der Waals surface area contributed by atoms with Crippen LogP contribution in [-0.4, -0.2) is 22.3 Å². The molecule has 0 saturated carbocycles. The Bertz CT molecular complexity index is 330. The number of benzene rings is 1. The average molecular weight is 368 g/mol. The van der Waals surface area contributed by atoms with E-state index in [1.807, 2.05) is 31.3 Å². The van der Waals surface area contributed by atoms with Crippen molar-refractivity contribution in [1.29, 1.82) is 0 Å². The van der Waals surface area contributed by atoms with Gasteiger partial charge in [0.15, 0.2) is 0 Å². The standard InChI is InChI=1S/C10H11BrINO/c1-13(10(14)6-12)7-8-4-2-3-5-9(8)11/h2-5H,6-7H2,1H3. The van der Waals surface area contributed by atoms with Crippen LogP contribution in [0.4, 0.5) is 0 Å². The predicted molar refractivity (Wildman–Crippen MR) is 69.5 cm³/mol. The van der Waals surface area contributed by atoms with Crippen LogP contribution in [-0.2, 0) is 11.3 Å². The van der Waals surface area contributed by atoms with Gasteiger partial charge in [-0.15, -0.1) is 0 Å². The summed E-state index contributed by atoms with van der Waals surface area (Å²) < 4.78 is 1.58. The molecule has 1 amide bonds. The summed E-state index contributed by atoms with van der Waals surface area (Å²) in [6, 6.07) is 7.94. The van der Waals surface area contributed by atoms with Crippen molar-refractivity contribution in [2.24, 2.45) is 0 Å². The van der Waals surface area contributed by atoms with Crippen LogP contribution in [0.1, 0.15) is 5.56 Å². The Balaban J connectivity index is 2.69. The van der Waals surface area contributed by atoms with Gasteiger partial charge in [0, 0.05) is 18.1 Å². The topological polar surface area (TPSA) is 20.3 Å². The second-order valence-corrected chi connectivity index (χ2v) is 4.59. The van der Waals surface area contributed by atoms with Crippen molar-refractivity contribution in [3.05, 3.63) is 34.3 Å². The molecule has 4 heteroatoms. The Hall–Kier alpha value is -0.100. The molecule has 1 aromatic rings. The molecule has 0 bridgehead atoms. The number of alkyl halides is 1. The van der Waals surface area contributed by atoms with Crippen LogP contribution in [0.15, 0.2) is 28.7 Å². The van der Waals surface area contributed by atoms with Crippen molar-refractivity contribution in [3.8, 4) is 0 Å². The van der Waals surface area contributed by atoms with Crippen LogP contribution in [0.25, 0.3) is 0 Å². The molecule has 1 aromatic carbocycles. The zero-order valence-corrected chi connectivity index (χ0v) is 11.6. The first-order chi connectivity index (χ1) is 6.65. The summed E-state index contributed by atoms with van der Waals surface area (Å²) in [7, 11) is 1.82. The molecule has 0 heterocycles. The quantitative estimate of drug-likeness (QED) is 0.594. The van der Waals surface area contributed by atoms with Gasteiger partial charge in [-0.05, 0) is 11.6 Å². The number of nitrogens with zero attached hydrogens (tertiary/aromatic N) is 1. The fourth-order valence-corrected chi connectivity index (χ4v) is 2.06. The highest BCUT2D eigenvalue weighted by molar-refractivity contribution is 14.1. The maximum Gasteiger partial charge on any atom is 0.232 e. The van der Waals surface area contributed by atoms with Crippen molar-refractivity contribution in [3.63, 3.8) is 0 Å². The lowest BCUT2D eigenvalue weighted by molar-refractivity contribution is -0.127. The number of carbonyl (C=O) groups is 1. The molecule has 0 aliphatic rings. The van der Waals surface area contributed by atoms with Crippen molar-refractivity contribution < 1.29 is 4.79 Å². The van der Waals surface area contributed by atoms with E-state index in [-0.39, 0.29) is 5.91 Å². The Kier molecular flexibility index (Phi) is 4.88. The van der Waals surface area contributed by atoms with Crippen LogP contribution in [0.5, 0.6) is 0 Å². The molecular formula is C10H11BrINO. The van der Waals surface area contributed by atoms with E-state index >= 15 is 0 Å². The molecular weight excluding hydrogens is 357 g/mol. The lowest BCUT2D eigenvalue weighted by Gasteiger charge is -2.16. The van der Waals surface area contributed by atoms with Gasteiger partial charge < -0.3 is 4.90 Å². The molecule has 76 valence electrons. The average Bonchev–Trinajstić information content (AvgIpc) is 2.20. The number of hydrogen-bond acceptors (Lipinski definition) is 1. The van der Waals surface area contributed by atoms with Crippen molar-refractivity contribution in [1.82, 2.24) is 4.90 Å². The molecule has 2 nitrogen and oxygen atoms in total.